The van der Waals surface area contributed by atoms with Crippen LogP contribution in [0.3, 0.4) is 0 Å². The minimum atomic E-state index is -0.908. The predicted molar refractivity (Wildman–Crippen MR) is 70.0 cm³/mol. The molecule has 0 atom stereocenters. The van der Waals surface area contributed by atoms with Gasteiger partial charge in [0, 0.05) is 6.08 Å². The molecule has 1 N–H and O–H groups in total. The van der Waals surface area contributed by atoms with Crippen LogP contribution in [0, 0.1) is 6.92 Å². The summed E-state index contributed by atoms with van der Waals surface area (Å²) in [5, 5.41) is 11.1. The van der Waals surface area contributed by atoms with Crippen molar-refractivity contribution in [2.45, 2.75) is 13.8 Å². The molecule has 0 saturated carbocycles. The molecule has 0 aliphatic heterocycles. The van der Waals surface area contributed by atoms with E-state index in [-0.39, 0.29) is 0 Å². The average Bonchev–Trinajstić information content (AvgIpc) is 2.27. The molecule has 2 aromatic carbocycles. The van der Waals surface area contributed by atoms with Crippen molar-refractivity contribution in [1.82, 2.24) is 0 Å². The van der Waals surface area contributed by atoms with Crippen LogP contribution in [-0.2, 0) is 4.79 Å². The predicted octanol–water partition coefficient (Wildman–Crippen LogP) is 3.64. The summed E-state index contributed by atoms with van der Waals surface area (Å²) in [7, 11) is 0. The number of carboxylic acids is 1. The van der Waals surface area contributed by atoms with Gasteiger partial charge in [-0.05, 0) is 41.3 Å². The van der Waals surface area contributed by atoms with Crippen molar-refractivity contribution < 1.29 is 9.90 Å². The Morgan fingerprint density at radius 1 is 1.18 bits per heavy atom. The van der Waals surface area contributed by atoms with Crippen LogP contribution in [0.15, 0.2) is 42.5 Å². The zero-order valence-corrected chi connectivity index (χ0v) is 9.90. The van der Waals surface area contributed by atoms with E-state index in [1.807, 2.05) is 44.2 Å². The van der Waals surface area contributed by atoms with E-state index in [9.17, 15) is 4.79 Å². The number of aryl methyl sites for hydroxylation is 1. The third-order valence-electron chi connectivity index (χ3n) is 2.87. The molecule has 0 saturated heterocycles. The lowest BCUT2D eigenvalue weighted by molar-refractivity contribution is -0.131. The second kappa shape index (κ2) is 4.42. The maximum atomic E-state index is 10.8. The first kappa shape index (κ1) is 11.4. The lowest BCUT2D eigenvalue weighted by Crippen LogP contribution is -1.93. The first-order chi connectivity index (χ1) is 8.09. The van der Waals surface area contributed by atoms with Crippen LogP contribution in [0.2, 0.25) is 0 Å². The summed E-state index contributed by atoms with van der Waals surface area (Å²) in [6.45, 7) is 3.84. The fraction of sp³-hybridized carbons (Fsp3) is 0.133. The van der Waals surface area contributed by atoms with E-state index in [0.29, 0.717) is 0 Å². The Balaban J connectivity index is 2.75. The van der Waals surface area contributed by atoms with Crippen molar-refractivity contribution in [1.29, 1.82) is 0 Å². The standard InChI is InChI=1S/C15H14O2/c1-10-7-8-12-5-3-4-6-13(12)15(10)11(2)9-14(16)17/h3-9H,1-2H3,(H,16,17)/b11-9-. The number of hydrogen-bond donors (Lipinski definition) is 1. The number of fused-ring (bicyclic) bond motifs is 1. The van der Waals surface area contributed by atoms with Gasteiger partial charge in [0.1, 0.15) is 0 Å². The minimum Gasteiger partial charge on any atom is -0.478 e. The number of carbonyl (C=O) groups is 1. The molecular formula is C15H14O2. The molecule has 0 unspecified atom stereocenters. The van der Waals surface area contributed by atoms with Crippen molar-refractivity contribution in [3.8, 4) is 0 Å². The van der Waals surface area contributed by atoms with Gasteiger partial charge in [0.05, 0.1) is 0 Å². The Morgan fingerprint density at radius 2 is 1.88 bits per heavy atom. The molecule has 2 aromatic rings. The van der Waals surface area contributed by atoms with Crippen LogP contribution in [0.25, 0.3) is 16.3 Å². The molecule has 2 heteroatoms. The minimum absolute atomic E-state index is 0.784. The molecule has 0 spiro atoms. The molecule has 0 aliphatic carbocycles. The Kier molecular flexibility index (Phi) is 2.96. The molecule has 0 aliphatic rings. The van der Waals surface area contributed by atoms with Crippen LogP contribution in [-0.4, -0.2) is 11.1 Å². The second-order valence-corrected chi connectivity index (χ2v) is 4.14. The van der Waals surface area contributed by atoms with Crippen molar-refractivity contribution in [3.05, 3.63) is 53.6 Å². The molecular weight excluding hydrogens is 212 g/mol. The molecule has 2 nitrogen and oxygen atoms in total. The van der Waals surface area contributed by atoms with E-state index >= 15 is 0 Å². The van der Waals surface area contributed by atoms with Gasteiger partial charge in [0.15, 0.2) is 0 Å². The summed E-state index contributed by atoms with van der Waals surface area (Å²) in [5.41, 5.74) is 2.90. The fourth-order valence-corrected chi connectivity index (χ4v) is 2.16. The third kappa shape index (κ3) is 2.21. The Morgan fingerprint density at radius 3 is 2.59 bits per heavy atom. The van der Waals surface area contributed by atoms with Crippen molar-refractivity contribution in [3.63, 3.8) is 0 Å². The van der Waals surface area contributed by atoms with Crippen molar-refractivity contribution >= 4 is 22.3 Å². The number of allylic oxidation sites excluding steroid dienone is 1. The van der Waals surface area contributed by atoms with Crippen LogP contribution in [0.5, 0.6) is 0 Å². The van der Waals surface area contributed by atoms with E-state index in [1.165, 1.54) is 6.08 Å². The van der Waals surface area contributed by atoms with Gasteiger partial charge in [0.25, 0.3) is 0 Å². The topological polar surface area (TPSA) is 37.3 Å². The largest absolute Gasteiger partial charge is 0.478 e. The van der Waals surface area contributed by atoms with Gasteiger partial charge in [-0.25, -0.2) is 4.79 Å². The highest BCUT2D eigenvalue weighted by atomic mass is 16.4. The van der Waals surface area contributed by atoms with Gasteiger partial charge in [-0.15, -0.1) is 0 Å². The molecule has 0 heterocycles. The zero-order valence-electron chi connectivity index (χ0n) is 9.90. The molecule has 0 radical (unpaired) electrons. The van der Waals surface area contributed by atoms with E-state index in [2.05, 4.69) is 6.07 Å². The highest BCUT2D eigenvalue weighted by Crippen LogP contribution is 2.28. The fourth-order valence-electron chi connectivity index (χ4n) is 2.16. The number of hydrogen-bond acceptors (Lipinski definition) is 1. The summed E-state index contributed by atoms with van der Waals surface area (Å²) in [6.07, 6.45) is 1.26. The summed E-state index contributed by atoms with van der Waals surface area (Å²) >= 11 is 0. The molecule has 0 amide bonds. The SMILES string of the molecule is C/C(=C/C(=O)O)c1c(C)ccc2ccccc12. The molecule has 17 heavy (non-hydrogen) atoms. The van der Waals surface area contributed by atoms with Gasteiger partial charge in [-0.1, -0.05) is 36.4 Å². The van der Waals surface area contributed by atoms with E-state index in [0.717, 1.165) is 27.5 Å². The van der Waals surface area contributed by atoms with Gasteiger partial charge >= 0.3 is 5.97 Å². The molecule has 0 fully saturated rings. The van der Waals surface area contributed by atoms with Crippen LogP contribution < -0.4 is 0 Å². The monoisotopic (exact) mass is 226 g/mol. The summed E-state index contributed by atoms with van der Waals surface area (Å²) < 4.78 is 0. The summed E-state index contributed by atoms with van der Waals surface area (Å²) in [6, 6.07) is 12.1. The Bertz CT molecular complexity index is 609. The van der Waals surface area contributed by atoms with E-state index in [4.69, 9.17) is 5.11 Å². The van der Waals surface area contributed by atoms with Gasteiger partial charge < -0.3 is 5.11 Å². The van der Waals surface area contributed by atoms with E-state index < -0.39 is 5.97 Å². The molecule has 0 bridgehead atoms. The smallest absolute Gasteiger partial charge is 0.328 e. The highest BCUT2D eigenvalue weighted by Gasteiger charge is 2.07. The van der Waals surface area contributed by atoms with Crippen molar-refractivity contribution in [2.24, 2.45) is 0 Å². The van der Waals surface area contributed by atoms with E-state index in [1.54, 1.807) is 0 Å². The maximum Gasteiger partial charge on any atom is 0.328 e. The highest BCUT2D eigenvalue weighted by molar-refractivity contribution is 5.99. The normalized spacial score (nSPS) is 11.8. The van der Waals surface area contributed by atoms with Crippen molar-refractivity contribution in [2.75, 3.05) is 0 Å². The third-order valence-corrected chi connectivity index (χ3v) is 2.87. The summed E-state index contributed by atoms with van der Waals surface area (Å²) in [5.74, 6) is -0.908. The number of carboxylic acid groups (broad SMARTS) is 1. The Labute approximate surface area is 100 Å². The first-order valence-electron chi connectivity index (χ1n) is 5.49. The zero-order chi connectivity index (χ0) is 12.4. The van der Waals surface area contributed by atoms with Crippen LogP contribution in [0.4, 0.5) is 0 Å². The lowest BCUT2D eigenvalue weighted by atomic mass is 9.94. The second-order valence-electron chi connectivity index (χ2n) is 4.14. The van der Waals surface area contributed by atoms with Gasteiger partial charge in [-0.2, -0.15) is 0 Å². The average molecular weight is 226 g/mol. The summed E-state index contributed by atoms with van der Waals surface area (Å²) in [4.78, 5) is 10.8. The van der Waals surface area contributed by atoms with Crippen LogP contribution >= 0.6 is 0 Å². The van der Waals surface area contributed by atoms with Gasteiger partial charge in [-0.3, -0.25) is 0 Å². The maximum absolute atomic E-state index is 10.8. The number of benzene rings is 2. The quantitative estimate of drug-likeness (QED) is 0.794. The van der Waals surface area contributed by atoms with Gasteiger partial charge in [0.2, 0.25) is 0 Å². The number of rotatable bonds is 2. The molecule has 0 aromatic heterocycles. The number of aliphatic carboxylic acids is 1. The Hall–Kier alpha value is -2.09. The lowest BCUT2D eigenvalue weighted by Gasteiger charge is -2.10. The first-order valence-corrected chi connectivity index (χ1v) is 5.49. The van der Waals surface area contributed by atoms with Crippen LogP contribution in [0.1, 0.15) is 18.1 Å². The molecule has 2 rings (SSSR count). The molecule has 86 valence electrons.